The van der Waals surface area contributed by atoms with Crippen LogP contribution < -0.4 is 10.5 Å². The monoisotopic (exact) mass is 498 g/mol. The van der Waals surface area contributed by atoms with E-state index < -0.39 is 15.9 Å². The van der Waals surface area contributed by atoms with E-state index in [1.807, 2.05) is 54.9 Å². The fourth-order valence-corrected chi connectivity index (χ4v) is 4.19. The van der Waals surface area contributed by atoms with Crippen molar-refractivity contribution >= 4 is 42.9 Å². The first-order valence-corrected chi connectivity index (χ1v) is 11.7. The number of amides is 1. The molecule has 0 aliphatic heterocycles. The fourth-order valence-electron chi connectivity index (χ4n) is 3.23. The molecular formula is C22H19BrN4O3S. The predicted molar refractivity (Wildman–Crippen MR) is 122 cm³/mol. The lowest BCUT2D eigenvalue weighted by Gasteiger charge is -2.10. The molecule has 3 N–H and O–H groups in total. The number of primary sulfonamides is 1. The van der Waals surface area contributed by atoms with E-state index in [9.17, 15) is 13.2 Å². The van der Waals surface area contributed by atoms with Gasteiger partial charge < -0.3 is 9.88 Å². The Morgan fingerprint density at radius 1 is 1.03 bits per heavy atom. The molecule has 0 spiro atoms. The van der Waals surface area contributed by atoms with Crippen LogP contribution in [0.15, 0.2) is 82.4 Å². The van der Waals surface area contributed by atoms with Crippen LogP contribution >= 0.6 is 15.9 Å². The summed E-state index contributed by atoms with van der Waals surface area (Å²) in [7, 11) is -3.89. The lowest BCUT2D eigenvalue weighted by molar-refractivity contribution is 0.0950. The van der Waals surface area contributed by atoms with E-state index in [1.165, 1.54) is 18.2 Å². The molecule has 0 unspecified atom stereocenters. The summed E-state index contributed by atoms with van der Waals surface area (Å²) in [6.45, 7) is 1.000. The number of para-hydroxylation sites is 2. The summed E-state index contributed by atoms with van der Waals surface area (Å²) in [5, 5.41) is 7.96. The molecule has 0 saturated heterocycles. The van der Waals surface area contributed by atoms with E-state index in [-0.39, 0.29) is 10.5 Å². The Kier molecular flexibility index (Phi) is 5.90. The lowest BCUT2D eigenvalue weighted by atomic mass is 10.1. The Bertz CT molecular complexity index is 1370. The molecule has 0 aliphatic rings. The molecule has 0 atom stereocenters. The summed E-state index contributed by atoms with van der Waals surface area (Å²) in [5.74, 6) is -0.397. The van der Waals surface area contributed by atoms with Gasteiger partial charge in [-0.15, -0.1) is 0 Å². The normalized spacial score (nSPS) is 11.5. The Morgan fingerprint density at radius 2 is 1.74 bits per heavy atom. The molecule has 1 heterocycles. The largest absolute Gasteiger partial charge is 0.348 e. The van der Waals surface area contributed by atoms with E-state index in [1.54, 1.807) is 0 Å². The van der Waals surface area contributed by atoms with E-state index in [2.05, 4.69) is 30.8 Å². The molecule has 4 rings (SSSR count). The minimum atomic E-state index is -3.89. The van der Waals surface area contributed by atoms with E-state index in [0.717, 1.165) is 22.2 Å². The zero-order chi connectivity index (χ0) is 22.0. The Morgan fingerprint density at radius 3 is 2.48 bits per heavy atom. The molecule has 0 bridgehead atoms. The molecular weight excluding hydrogens is 480 g/mol. The Balaban J connectivity index is 1.42. The first-order valence-electron chi connectivity index (χ1n) is 9.39. The number of carbonyl (C=O) groups excluding carboxylic acids is 1. The number of nitrogens with zero attached hydrogens (tertiary/aromatic N) is 2. The quantitative estimate of drug-likeness (QED) is 0.424. The third kappa shape index (κ3) is 4.84. The first-order chi connectivity index (χ1) is 14.8. The molecule has 0 saturated carbocycles. The highest BCUT2D eigenvalue weighted by Gasteiger charge is 2.15. The number of aromatic nitrogens is 2. The Labute approximate surface area is 188 Å². The molecule has 31 heavy (non-hydrogen) atoms. The standard InChI is InChI=1S/C22H19BrN4O3S/c23-19-10-9-17(31(24,29)30)11-18(19)22(28)25-12-15-5-7-16(8-6-15)13-27-14-26-20-3-1-2-4-21(20)27/h1-11,14H,12-13H2,(H,25,28)(H2,24,29,30). The maximum absolute atomic E-state index is 12.5. The third-order valence-electron chi connectivity index (χ3n) is 4.87. The van der Waals surface area contributed by atoms with Gasteiger partial charge >= 0.3 is 0 Å². The number of rotatable bonds is 6. The number of nitrogens with one attached hydrogen (secondary N) is 1. The SMILES string of the molecule is NS(=O)(=O)c1ccc(Br)c(C(=O)NCc2ccc(Cn3cnc4ccccc43)cc2)c1. The van der Waals surface area contributed by atoms with Gasteiger partial charge in [-0.05, 0) is 57.4 Å². The molecule has 0 radical (unpaired) electrons. The van der Waals surface area contributed by atoms with Crippen LogP contribution in [0.4, 0.5) is 0 Å². The van der Waals surface area contributed by atoms with Crippen LogP contribution in [0.1, 0.15) is 21.5 Å². The summed E-state index contributed by atoms with van der Waals surface area (Å²) in [6.07, 6.45) is 1.83. The molecule has 0 aliphatic carbocycles. The number of imidazole rings is 1. The van der Waals surface area contributed by atoms with Crippen molar-refractivity contribution in [2.45, 2.75) is 18.0 Å². The van der Waals surface area contributed by atoms with Gasteiger partial charge in [-0.2, -0.15) is 0 Å². The predicted octanol–water partition coefficient (Wildman–Crippen LogP) is 3.42. The summed E-state index contributed by atoms with van der Waals surface area (Å²) < 4.78 is 25.7. The number of fused-ring (bicyclic) bond motifs is 1. The molecule has 7 nitrogen and oxygen atoms in total. The van der Waals surface area contributed by atoms with Gasteiger partial charge in [0.05, 0.1) is 27.8 Å². The van der Waals surface area contributed by atoms with Crippen molar-refractivity contribution in [2.75, 3.05) is 0 Å². The van der Waals surface area contributed by atoms with Crippen LogP contribution in [-0.4, -0.2) is 23.9 Å². The molecule has 3 aromatic carbocycles. The molecule has 1 aromatic heterocycles. The van der Waals surface area contributed by atoms with Crippen LogP contribution in [0.2, 0.25) is 0 Å². The zero-order valence-corrected chi connectivity index (χ0v) is 18.7. The number of sulfonamides is 1. The summed E-state index contributed by atoms with van der Waals surface area (Å²) in [4.78, 5) is 16.8. The van der Waals surface area contributed by atoms with Gasteiger partial charge in [-0.3, -0.25) is 4.79 Å². The minimum absolute atomic E-state index is 0.114. The van der Waals surface area contributed by atoms with Crippen LogP contribution in [0, 0.1) is 0 Å². The van der Waals surface area contributed by atoms with E-state index in [0.29, 0.717) is 17.6 Å². The average Bonchev–Trinajstić information content (AvgIpc) is 3.15. The van der Waals surface area contributed by atoms with Gasteiger partial charge in [0.1, 0.15) is 0 Å². The van der Waals surface area contributed by atoms with Crippen molar-refractivity contribution in [3.63, 3.8) is 0 Å². The van der Waals surface area contributed by atoms with Crippen molar-refractivity contribution in [1.29, 1.82) is 0 Å². The summed E-state index contributed by atoms with van der Waals surface area (Å²) in [5.41, 5.74) is 4.27. The highest BCUT2D eigenvalue weighted by Crippen LogP contribution is 2.21. The van der Waals surface area contributed by atoms with Crippen molar-refractivity contribution in [1.82, 2.24) is 14.9 Å². The molecule has 1 amide bonds. The fraction of sp³-hybridized carbons (Fsp3) is 0.0909. The number of nitrogens with two attached hydrogens (primary N) is 1. The maximum Gasteiger partial charge on any atom is 0.252 e. The number of hydrogen-bond donors (Lipinski definition) is 2. The highest BCUT2D eigenvalue weighted by molar-refractivity contribution is 9.10. The van der Waals surface area contributed by atoms with Crippen LogP contribution in [0.25, 0.3) is 11.0 Å². The van der Waals surface area contributed by atoms with Gasteiger partial charge in [0.2, 0.25) is 10.0 Å². The maximum atomic E-state index is 12.5. The third-order valence-corrected chi connectivity index (χ3v) is 6.47. The highest BCUT2D eigenvalue weighted by atomic mass is 79.9. The second kappa shape index (κ2) is 8.62. The topological polar surface area (TPSA) is 107 Å². The smallest absolute Gasteiger partial charge is 0.252 e. The van der Waals surface area contributed by atoms with E-state index in [4.69, 9.17) is 5.14 Å². The van der Waals surface area contributed by atoms with Crippen LogP contribution in [0.3, 0.4) is 0 Å². The lowest BCUT2D eigenvalue weighted by Crippen LogP contribution is -2.24. The van der Waals surface area contributed by atoms with Gasteiger partial charge in [-0.25, -0.2) is 18.5 Å². The zero-order valence-electron chi connectivity index (χ0n) is 16.3. The van der Waals surface area contributed by atoms with Gasteiger partial charge in [0.15, 0.2) is 0 Å². The molecule has 158 valence electrons. The average molecular weight is 499 g/mol. The number of halogens is 1. The van der Waals surface area contributed by atoms with Crippen molar-refractivity contribution in [3.05, 3.63) is 94.2 Å². The van der Waals surface area contributed by atoms with E-state index >= 15 is 0 Å². The van der Waals surface area contributed by atoms with Gasteiger partial charge in [-0.1, -0.05) is 36.4 Å². The summed E-state index contributed by atoms with van der Waals surface area (Å²) in [6, 6.07) is 20.0. The number of carbonyl (C=O) groups is 1. The molecule has 4 aromatic rings. The van der Waals surface area contributed by atoms with Crippen molar-refractivity contribution in [2.24, 2.45) is 5.14 Å². The summed E-state index contributed by atoms with van der Waals surface area (Å²) >= 11 is 3.27. The van der Waals surface area contributed by atoms with Crippen LogP contribution in [0.5, 0.6) is 0 Å². The molecule has 0 fully saturated rings. The number of hydrogen-bond acceptors (Lipinski definition) is 4. The Hall–Kier alpha value is -3.01. The second-order valence-electron chi connectivity index (χ2n) is 7.05. The van der Waals surface area contributed by atoms with Crippen LogP contribution in [-0.2, 0) is 23.1 Å². The number of benzene rings is 3. The van der Waals surface area contributed by atoms with Crippen molar-refractivity contribution < 1.29 is 13.2 Å². The second-order valence-corrected chi connectivity index (χ2v) is 9.46. The van der Waals surface area contributed by atoms with Crippen molar-refractivity contribution in [3.8, 4) is 0 Å². The van der Waals surface area contributed by atoms with Gasteiger partial charge in [0.25, 0.3) is 5.91 Å². The first kappa shape index (κ1) is 21.2. The van der Waals surface area contributed by atoms with Gasteiger partial charge in [0, 0.05) is 17.6 Å². The minimum Gasteiger partial charge on any atom is -0.348 e. The molecule has 9 heteroatoms.